The van der Waals surface area contributed by atoms with Gasteiger partial charge in [-0.15, -0.1) is 0 Å². The summed E-state index contributed by atoms with van der Waals surface area (Å²) in [5.74, 6) is -0.110. The molecular formula is C26H30N2O6S. The number of nitrogens with zero attached hydrogens (tertiary/aromatic N) is 2. The van der Waals surface area contributed by atoms with E-state index in [1.54, 1.807) is 28.0 Å². The fourth-order valence-electron chi connectivity index (χ4n) is 4.88. The highest BCUT2D eigenvalue weighted by molar-refractivity contribution is 7.92. The maximum absolute atomic E-state index is 13.2. The fourth-order valence-corrected chi connectivity index (χ4v) is 6.58. The molecule has 2 aromatic carbocycles. The van der Waals surface area contributed by atoms with Crippen LogP contribution in [0.25, 0.3) is 11.1 Å². The van der Waals surface area contributed by atoms with Gasteiger partial charge in [0.15, 0.2) is 9.84 Å². The summed E-state index contributed by atoms with van der Waals surface area (Å²) >= 11 is 0. The molecule has 1 atom stereocenters. The first kappa shape index (κ1) is 23.8. The van der Waals surface area contributed by atoms with Gasteiger partial charge in [-0.05, 0) is 55.2 Å². The van der Waals surface area contributed by atoms with E-state index < -0.39 is 15.9 Å². The normalized spacial score (nSPS) is 20.9. The summed E-state index contributed by atoms with van der Waals surface area (Å²) in [7, 11) is -3.33. The van der Waals surface area contributed by atoms with Crippen LogP contribution in [0.5, 0.6) is 0 Å². The molecule has 2 heterocycles. The van der Waals surface area contributed by atoms with E-state index in [2.05, 4.69) is 0 Å². The lowest BCUT2D eigenvalue weighted by Crippen LogP contribution is -2.52. The van der Waals surface area contributed by atoms with Gasteiger partial charge in [0.2, 0.25) is 5.91 Å². The number of amides is 2. The molecule has 8 nitrogen and oxygen atoms in total. The van der Waals surface area contributed by atoms with Gasteiger partial charge in [-0.1, -0.05) is 18.2 Å². The number of hydrogen-bond acceptors (Lipinski definition) is 6. The molecule has 0 spiro atoms. The second-order valence-electron chi connectivity index (χ2n) is 9.52. The van der Waals surface area contributed by atoms with Crippen LogP contribution in [0.1, 0.15) is 39.5 Å². The lowest BCUT2D eigenvalue weighted by Gasteiger charge is -2.41. The molecule has 1 saturated carbocycles. The van der Waals surface area contributed by atoms with E-state index in [0.717, 1.165) is 11.1 Å². The van der Waals surface area contributed by atoms with E-state index in [0.29, 0.717) is 61.7 Å². The number of sulfone groups is 1. The minimum atomic E-state index is -3.33. The van der Waals surface area contributed by atoms with E-state index in [9.17, 15) is 18.0 Å². The standard InChI is InChI=1S/C26H30N2O6S/c1-17-16-27(26(30)34-21-10-12-33-13-11-21)25-15-20(6-9-24(25)28(17)18(2)29)19-4-3-5-23(14-19)35(31,32)22-7-8-22/h3-6,9,14-15,17,21-22H,7-8,10-13,16H2,1-2H3/t17-/m0/s1. The van der Waals surface area contributed by atoms with Crippen molar-refractivity contribution < 1.29 is 27.5 Å². The molecule has 5 rings (SSSR count). The van der Waals surface area contributed by atoms with Crippen molar-refractivity contribution in [3.05, 3.63) is 42.5 Å². The van der Waals surface area contributed by atoms with Crippen molar-refractivity contribution in [2.24, 2.45) is 0 Å². The number of carbonyl (C=O) groups is 2. The Morgan fingerprint density at radius 1 is 0.971 bits per heavy atom. The summed E-state index contributed by atoms with van der Waals surface area (Å²) < 4.78 is 36.7. The number of benzene rings is 2. The number of carbonyl (C=O) groups excluding carboxylic acids is 2. The van der Waals surface area contributed by atoms with Crippen molar-refractivity contribution >= 4 is 33.2 Å². The minimum Gasteiger partial charge on any atom is -0.446 e. The Kier molecular flexibility index (Phi) is 6.31. The third kappa shape index (κ3) is 4.67. The zero-order valence-corrected chi connectivity index (χ0v) is 20.8. The third-order valence-corrected chi connectivity index (χ3v) is 9.13. The first-order valence-corrected chi connectivity index (χ1v) is 13.6. The van der Waals surface area contributed by atoms with Crippen molar-refractivity contribution in [1.82, 2.24) is 0 Å². The smallest absolute Gasteiger partial charge is 0.414 e. The molecular weight excluding hydrogens is 468 g/mol. The maximum atomic E-state index is 13.2. The summed E-state index contributed by atoms with van der Waals surface area (Å²) in [4.78, 5) is 29.3. The van der Waals surface area contributed by atoms with E-state index >= 15 is 0 Å². The van der Waals surface area contributed by atoms with Crippen LogP contribution in [-0.4, -0.2) is 57.6 Å². The number of anilines is 2. The largest absolute Gasteiger partial charge is 0.446 e. The van der Waals surface area contributed by atoms with Crippen LogP contribution in [0.15, 0.2) is 47.4 Å². The van der Waals surface area contributed by atoms with Gasteiger partial charge < -0.3 is 14.4 Å². The molecule has 2 fully saturated rings. The van der Waals surface area contributed by atoms with E-state index in [4.69, 9.17) is 9.47 Å². The fraction of sp³-hybridized carbons (Fsp3) is 0.462. The van der Waals surface area contributed by atoms with Crippen LogP contribution in [0.4, 0.5) is 16.2 Å². The first-order valence-electron chi connectivity index (χ1n) is 12.1. The minimum absolute atomic E-state index is 0.110. The Morgan fingerprint density at radius 3 is 2.37 bits per heavy atom. The molecule has 0 radical (unpaired) electrons. The van der Waals surface area contributed by atoms with Crippen molar-refractivity contribution in [2.75, 3.05) is 29.6 Å². The predicted octanol–water partition coefficient (Wildman–Crippen LogP) is 4.17. The molecule has 0 N–H and O–H groups in total. The molecule has 0 bridgehead atoms. The van der Waals surface area contributed by atoms with Crippen LogP contribution in [0.2, 0.25) is 0 Å². The zero-order chi connectivity index (χ0) is 24.7. The summed E-state index contributed by atoms with van der Waals surface area (Å²) in [6.07, 6.45) is 2.07. The van der Waals surface area contributed by atoms with Crippen LogP contribution in [0.3, 0.4) is 0 Å². The van der Waals surface area contributed by atoms with E-state index in [-0.39, 0.29) is 23.3 Å². The van der Waals surface area contributed by atoms with Crippen molar-refractivity contribution in [3.63, 3.8) is 0 Å². The Hall–Kier alpha value is -2.91. The topological polar surface area (TPSA) is 93.2 Å². The van der Waals surface area contributed by atoms with Gasteiger partial charge in [0.25, 0.3) is 0 Å². The number of rotatable bonds is 4. The molecule has 1 saturated heterocycles. The Bertz CT molecular complexity index is 1250. The Labute approximate surface area is 205 Å². The molecule has 35 heavy (non-hydrogen) atoms. The SMILES string of the molecule is CC(=O)N1c2ccc(-c3cccc(S(=O)(=O)C4CC4)c3)cc2N(C(=O)OC2CCOCC2)C[C@@H]1C. The van der Waals surface area contributed by atoms with E-state index in [1.165, 1.54) is 6.92 Å². The second-order valence-corrected chi connectivity index (χ2v) is 11.7. The van der Waals surface area contributed by atoms with Crippen molar-refractivity contribution in [3.8, 4) is 11.1 Å². The van der Waals surface area contributed by atoms with Crippen LogP contribution in [-0.2, 0) is 24.1 Å². The van der Waals surface area contributed by atoms with Crippen LogP contribution >= 0.6 is 0 Å². The summed E-state index contributed by atoms with van der Waals surface area (Å²) in [6, 6.07) is 12.2. The number of ether oxygens (including phenoxy) is 2. The Morgan fingerprint density at radius 2 is 1.69 bits per heavy atom. The molecule has 0 unspecified atom stereocenters. The van der Waals surface area contributed by atoms with E-state index in [1.807, 2.05) is 31.2 Å². The lowest BCUT2D eigenvalue weighted by molar-refractivity contribution is -0.117. The predicted molar refractivity (Wildman–Crippen MR) is 132 cm³/mol. The molecule has 9 heteroatoms. The second kappa shape index (κ2) is 9.28. The molecule has 186 valence electrons. The van der Waals surface area contributed by atoms with Gasteiger partial charge in [0, 0.05) is 26.3 Å². The number of fused-ring (bicyclic) bond motifs is 1. The molecule has 2 aromatic rings. The first-order chi connectivity index (χ1) is 16.8. The van der Waals surface area contributed by atoms with Gasteiger partial charge in [-0.3, -0.25) is 9.69 Å². The third-order valence-electron chi connectivity index (χ3n) is 6.87. The van der Waals surface area contributed by atoms with Crippen LogP contribution in [0, 0.1) is 0 Å². The van der Waals surface area contributed by atoms with Gasteiger partial charge in [0.05, 0.1) is 40.8 Å². The summed E-state index contributed by atoms with van der Waals surface area (Å²) in [5.41, 5.74) is 2.70. The molecule has 2 amide bonds. The molecule has 3 aliphatic rings. The van der Waals surface area contributed by atoms with Crippen molar-refractivity contribution in [2.45, 2.75) is 61.8 Å². The summed E-state index contributed by atoms with van der Waals surface area (Å²) in [6.45, 7) is 4.84. The van der Waals surface area contributed by atoms with Gasteiger partial charge in [0.1, 0.15) is 6.10 Å². The zero-order valence-electron chi connectivity index (χ0n) is 20.0. The maximum Gasteiger partial charge on any atom is 0.414 e. The van der Waals surface area contributed by atoms with Gasteiger partial charge in [-0.25, -0.2) is 13.2 Å². The molecule has 2 aliphatic heterocycles. The van der Waals surface area contributed by atoms with Crippen molar-refractivity contribution in [1.29, 1.82) is 0 Å². The highest BCUT2D eigenvalue weighted by Crippen LogP contribution is 2.40. The average molecular weight is 499 g/mol. The van der Waals surface area contributed by atoms with Gasteiger partial charge >= 0.3 is 6.09 Å². The highest BCUT2D eigenvalue weighted by atomic mass is 32.2. The monoisotopic (exact) mass is 498 g/mol. The lowest BCUT2D eigenvalue weighted by atomic mass is 10.0. The summed E-state index contributed by atoms with van der Waals surface area (Å²) in [5, 5.41) is -0.289. The van der Waals surface area contributed by atoms with Crippen LogP contribution < -0.4 is 9.80 Å². The highest BCUT2D eigenvalue weighted by Gasteiger charge is 2.38. The van der Waals surface area contributed by atoms with Gasteiger partial charge in [-0.2, -0.15) is 0 Å². The average Bonchev–Trinajstić information content (AvgIpc) is 3.70. The molecule has 1 aliphatic carbocycles. The number of hydrogen-bond donors (Lipinski definition) is 0. The molecule has 0 aromatic heterocycles. The quantitative estimate of drug-likeness (QED) is 0.628. The Balaban J connectivity index is 1.52.